The Balaban J connectivity index is 1.64. The molecule has 4 aromatic carbocycles. The van der Waals surface area contributed by atoms with Gasteiger partial charge < -0.3 is 9.13 Å². The Morgan fingerprint density at radius 3 is 1.36 bits per heavy atom. The van der Waals surface area contributed by atoms with E-state index in [4.69, 9.17) is 9.97 Å². The van der Waals surface area contributed by atoms with Crippen molar-refractivity contribution in [3.8, 4) is 11.4 Å². The van der Waals surface area contributed by atoms with Crippen molar-refractivity contribution in [1.82, 2.24) is 19.1 Å². The number of fused-ring (bicyclic) bond motifs is 7. The van der Waals surface area contributed by atoms with Crippen LogP contribution < -0.4 is 0 Å². The van der Waals surface area contributed by atoms with Gasteiger partial charge >= 0.3 is 0 Å². The molecule has 0 N–H and O–H groups in total. The third-order valence-electron chi connectivity index (χ3n) is 8.75. The highest BCUT2D eigenvalue weighted by Crippen LogP contribution is 2.43. The number of hydrogen-bond donors (Lipinski definition) is 0. The molecule has 0 bridgehead atoms. The molecule has 8 rings (SSSR count). The number of benzene rings is 4. The zero-order valence-electron chi connectivity index (χ0n) is 24.3. The van der Waals surface area contributed by atoms with Crippen LogP contribution in [0.2, 0.25) is 0 Å². The van der Waals surface area contributed by atoms with E-state index in [2.05, 4.69) is 122 Å². The van der Waals surface area contributed by atoms with Gasteiger partial charge in [-0.25, -0.2) is 0 Å². The van der Waals surface area contributed by atoms with Gasteiger partial charge in [0, 0.05) is 33.9 Å². The van der Waals surface area contributed by atoms with E-state index >= 15 is 0 Å². The van der Waals surface area contributed by atoms with Crippen molar-refractivity contribution in [3.05, 3.63) is 121 Å². The molecule has 0 saturated heterocycles. The van der Waals surface area contributed by atoms with Crippen LogP contribution in [0.3, 0.4) is 0 Å². The molecule has 4 heterocycles. The summed E-state index contributed by atoms with van der Waals surface area (Å²) in [6, 6.07) is 35.3. The zero-order chi connectivity index (χ0) is 28.5. The van der Waals surface area contributed by atoms with Gasteiger partial charge in [-0.1, -0.05) is 88.4 Å². The predicted octanol–water partition coefficient (Wildman–Crippen LogP) is 10.1. The van der Waals surface area contributed by atoms with Crippen LogP contribution >= 0.6 is 0 Å². The first-order chi connectivity index (χ1) is 20.5. The quantitative estimate of drug-likeness (QED) is 0.221. The van der Waals surface area contributed by atoms with Crippen LogP contribution in [-0.4, -0.2) is 19.1 Å². The van der Waals surface area contributed by atoms with E-state index < -0.39 is 0 Å². The second-order valence-electron chi connectivity index (χ2n) is 11.9. The average molecular weight is 545 g/mol. The third-order valence-corrected chi connectivity index (χ3v) is 8.75. The Hall–Kier alpha value is -4.96. The Bertz CT molecular complexity index is 2140. The number of pyridine rings is 2. The monoisotopic (exact) mass is 544 g/mol. The minimum absolute atomic E-state index is 0.414. The molecule has 4 nitrogen and oxygen atoms in total. The molecule has 0 unspecified atom stereocenters. The summed E-state index contributed by atoms with van der Waals surface area (Å²) in [6.45, 7) is 9.05. The lowest BCUT2D eigenvalue weighted by Crippen LogP contribution is -1.98. The minimum Gasteiger partial charge on any atom is -0.305 e. The SMILES string of the molecule is CC(C)c1ccc2c(c1)n(-c1cccc3cccnc13)c1c3ccc(C(C)C)cc3n(-c3cccc4cccnc34)c21. The standard InChI is InChI=1S/C38H32N4/c1-23(2)27-15-17-29-33(21-27)41(31-13-5-9-25-11-7-19-39-35(25)31)38-30-18-16-28(24(3)4)22-34(30)42(37(29)38)32-14-6-10-26-12-8-20-40-36(26)32/h5-24H,1-4H3. The number of hydrogen-bond acceptors (Lipinski definition) is 2. The first kappa shape index (κ1) is 24.8. The highest BCUT2D eigenvalue weighted by molar-refractivity contribution is 6.21. The van der Waals surface area contributed by atoms with Crippen LogP contribution in [0.25, 0.3) is 66.0 Å². The van der Waals surface area contributed by atoms with Gasteiger partial charge in [0.2, 0.25) is 0 Å². The largest absolute Gasteiger partial charge is 0.305 e. The maximum atomic E-state index is 4.89. The van der Waals surface area contributed by atoms with E-state index in [1.165, 1.54) is 44.0 Å². The fraction of sp³-hybridized carbons (Fsp3) is 0.158. The van der Waals surface area contributed by atoms with Gasteiger partial charge in [0.05, 0.1) is 44.5 Å². The average Bonchev–Trinajstić information content (AvgIpc) is 3.52. The normalized spacial score (nSPS) is 12.2. The van der Waals surface area contributed by atoms with Gasteiger partial charge in [-0.3, -0.25) is 9.97 Å². The molecule has 0 fully saturated rings. The van der Waals surface area contributed by atoms with E-state index in [9.17, 15) is 0 Å². The van der Waals surface area contributed by atoms with Gasteiger partial charge in [0.25, 0.3) is 0 Å². The summed E-state index contributed by atoms with van der Waals surface area (Å²) in [6.07, 6.45) is 3.79. The zero-order valence-corrected chi connectivity index (χ0v) is 24.3. The lowest BCUT2D eigenvalue weighted by Gasteiger charge is -2.14. The van der Waals surface area contributed by atoms with Crippen molar-refractivity contribution in [2.75, 3.05) is 0 Å². The molecule has 4 heteroatoms. The molecule has 8 aromatic rings. The van der Waals surface area contributed by atoms with E-state index in [1.807, 2.05) is 24.5 Å². The summed E-state index contributed by atoms with van der Waals surface area (Å²) in [5.74, 6) is 0.829. The Morgan fingerprint density at radius 2 is 0.929 bits per heavy atom. The van der Waals surface area contributed by atoms with Crippen LogP contribution in [0, 0.1) is 0 Å². The Kier molecular flexibility index (Phi) is 5.48. The van der Waals surface area contributed by atoms with Gasteiger partial charge in [-0.05, 0) is 59.4 Å². The summed E-state index contributed by atoms with van der Waals surface area (Å²) in [5, 5.41) is 4.71. The molecule has 42 heavy (non-hydrogen) atoms. The molecule has 0 saturated carbocycles. The molecule has 0 aliphatic heterocycles. The van der Waals surface area contributed by atoms with Crippen LogP contribution in [-0.2, 0) is 0 Å². The topological polar surface area (TPSA) is 35.6 Å². The maximum absolute atomic E-state index is 4.89. The first-order valence-corrected chi connectivity index (χ1v) is 14.8. The lowest BCUT2D eigenvalue weighted by molar-refractivity contribution is 0.867. The van der Waals surface area contributed by atoms with E-state index in [-0.39, 0.29) is 0 Å². The Labute approximate surface area is 244 Å². The van der Waals surface area contributed by atoms with Crippen LogP contribution in [0.5, 0.6) is 0 Å². The van der Waals surface area contributed by atoms with Crippen molar-refractivity contribution in [2.24, 2.45) is 0 Å². The fourth-order valence-electron chi connectivity index (χ4n) is 6.57. The van der Waals surface area contributed by atoms with E-state index in [0.717, 1.165) is 33.2 Å². The highest BCUT2D eigenvalue weighted by atomic mass is 15.1. The van der Waals surface area contributed by atoms with Crippen molar-refractivity contribution in [2.45, 2.75) is 39.5 Å². The molecule has 0 spiro atoms. The second kappa shape index (κ2) is 9.28. The lowest BCUT2D eigenvalue weighted by atomic mass is 10.0. The third kappa shape index (κ3) is 3.54. The molecule has 0 aliphatic carbocycles. The summed E-state index contributed by atoms with van der Waals surface area (Å²) in [5.41, 5.74) is 11.6. The summed E-state index contributed by atoms with van der Waals surface area (Å²) >= 11 is 0. The predicted molar refractivity (Wildman–Crippen MR) is 176 cm³/mol. The first-order valence-electron chi connectivity index (χ1n) is 14.8. The summed E-state index contributed by atoms with van der Waals surface area (Å²) < 4.78 is 4.91. The van der Waals surface area contributed by atoms with E-state index in [1.54, 1.807) is 0 Å². The molecular formula is C38H32N4. The fourth-order valence-corrected chi connectivity index (χ4v) is 6.57. The van der Waals surface area contributed by atoms with Crippen LogP contribution in [0.4, 0.5) is 0 Å². The number of rotatable bonds is 4. The van der Waals surface area contributed by atoms with E-state index in [0.29, 0.717) is 11.8 Å². The Morgan fingerprint density at radius 1 is 0.500 bits per heavy atom. The van der Waals surface area contributed by atoms with Crippen molar-refractivity contribution in [1.29, 1.82) is 0 Å². The molecule has 0 aliphatic rings. The molecule has 0 amide bonds. The van der Waals surface area contributed by atoms with Crippen LogP contribution in [0.1, 0.15) is 50.7 Å². The molecule has 0 radical (unpaired) electrons. The van der Waals surface area contributed by atoms with Gasteiger partial charge in [-0.15, -0.1) is 0 Å². The van der Waals surface area contributed by atoms with Crippen molar-refractivity contribution >= 4 is 54.6 Å². The summed E-state index contributed by atoms with van der Waals surface area (Å²) in [4.78, 5) is 9.79. The van der Waals surface area contributed by atoms with Gasteiger partial charge in [-0.2, -0.15) is 0 Å². The molecular weight excluding hydrogens is 512 g/mol. The number of nitrogens with zero attached hydrogens (tertiary/aromatic N) is 4. The molecule has 4 aromatic heterocycles. The molecule has 0 atom stereocenters. The number of aromatic nitrogens is 4. The minimum atomic E-state index is 0.414. The van der Waals surface area contributed by atoms with Crippen LogP contribution in [0.15, 0.2) is 109 Å². The second-order valence-corrected chi connectivity index (χ2v) is 11.9. The number of para-hydroxylation sites is 2. The van der Waals surface area contributed by atoms with Gasteiger partial charge in [0.15, 0.2) is 0 Å². The smallest absolute Gasteiger partial charge is 0.0942 e. The van der Waals surface area contributed by atoms with Crippen molar-refractivity contribution in [3.63, 3.8) is 0 Å². The molecule has 204 valence electrons. The van der Waals surface area contributed by atoms with Crippen molar-refractivity contribution < 1.29 is 0 Å². The van der Waals surface area contributed by atoms with Gasteiger partial charge in [0.1, 0.15) is 0 Å². The maximum Gasteiger partial charge on any atom is 0.0942 e. The summed E-state index contributed by atoms with van der Waals surface area (Å²) in [7, 11) is 0. The highest BCUT2D eigenvalue weighted by Gasteiger charge is 2.25.